The smallest absolute Gasteiger partial charge is 0.321 e. The summed E-state index contributed by atoms with van der Waals surface area (Å²) >= 11 is 0. The summed E-state index contributed by atoms with van der Waals surface area (Å²) in [5, 5.41) is 4.58. The number of nitrogens with zero attached hydrogens (tertiary/aromatic N) is 1. The third-order valence-corrected chi connectivity index (χ3v) is 4.49. The predicted octanol–water partition coefficient (Wildman–Crippen LogP) is 0.781. The normalized spacial score (nSPS) is 23.1. The van der Waals surface area contributed by atoms with Crippen molar-refractivity contribution < 1.29 is 23.6 Å². The number of amides is 5. The van der Waals surface area contributed by atoms with Gasteiger partial charge in [0, 0.05) is 0 Å². The van der Waals surface area contributed by atoms with E-state index in [4.69, 9.17) is 4.42 Å². The Morgan fingerprint density at radius 3 is 2.42 bits per heavy atom. The van der Waals surface area contributed by atoms with Gasteiger partial charge in [0.15, 0.2) is 0 Å². The van der Waals surface area contributed by atoms with Gasteiger partial charge in [-0.3, -0.25) is 24.6 Å². The zero-order chi connectivity index (χ0) is 17.1. The van der Waals surface area contributed by atoms with Crippen molar-refractivity contribution in [2.75, 3.05) is 6.54 Å². The topological polar surface area (TPSA) is 109 Å². The number of carbonyl (C=O) groups is 4. The second-order valence-electron chi connectivity index (χ2n) is 6.07. The van der Waals surface area contributed by atoms with Crippen molar-refractivity contribution in [2.45, 2.75) is 32.2 Å². The number of hydrogen-bond donors (Lipinski definition) is 2. The van der Waals surface area contributed by atoms with Gasteiger partial charge in [-0.15, -0.1) is 0 Å². The van der Waals surface area contributed by atoms with Crippen molar-refractivity contribution in [2.24, 2.45) is 11.8 Å². The minimum atomic E-state index is -0.701. The van der Waals surface area contributed by atoms with Crippen molar-refractivity contribution in [1.82, 2.24) is 15.5 Å². The molecule has 5 amide bonds. The van der Waals surface area contributed by atoms with E-state index in [-0.39, 0.29) is 30.2 Å². The lowest BCUT2D eigenvalue weighted by molar-refractivity contribution is -0.143. The van der Waals surface area contributed by atoms with E-state index >= 15 is 0 Å². The quantitative estimate of drug-likeness (QED) is 0.792. The first-order valence-corrected chi connectivity index (χ1v) is 8.01. The van der Waals surface area contributed by atoms with E-state index in [2.05, 4.69) is 10.6 Å². The van der Waals surface area contributed by atoms with Crippen molar-refractivity contribution in [3.05, 3.63) is 24.2 Å². The number of hydrogen-bond acceptors (Lipinski definition) is 5. The van der Waals surface area contributed by atoms with Crippen LogP contribution in [-0.2, 0) is 20.9 Å². The number of urea groups is 1. The molecule has 1 aliphatic heterocycles. The lowest BCUT2D eigenvalue weighted by Gasteiger charge is -2.19. The summed E-state index contributed by atoms with van der Waals surface area (Å²) in [5.41, 5.74) is 0. The Morgan fingerprint density at radius 1 is 1.17 bits per heavy atom. The van der Waals surface area contributed by atoms with Crippen LogP contribution in [0.25, 0.3) is 0 Å². The maximum Gasteiger partial charge on any atom is 0.321 e. The molecule has 24 heavy (non-hydrogen) atoms. The minimum Gasteiger partial charge on any atom is -0.467 e. The van der Waals surface area contributed by atoms with Crippen LogP contribution in [0.3, 0.4) is 0 Å². The molecule has 2 unspecified atom stereocenters. The van der Waals surface area contributed by atoms with Crippen LogP contribution in [0, 0.1) is 11.8 Å². The molecule has 2 fully saturated rings. The fraction of sp³-hybridized carbons (Fsp3) is 0.500. The molecule has 8 heteroatoms. The molecule has 2 heterocycles. The number of imide groups is 2. The van der Waals surface area contributed by atoms with Crippen LogP contribution in [0.4, 0.5) is 4.79 Å². The zero-order valence-corrected chi connectivity index (χ0v) is 13.1. The zero-order valence-electron chi connectivity index (χ0n) is 13.1. The standard InChI is InChI=1S/C16H19N3O5/c20-13(18-16(23)17-8-10-4-3-7-24-10)9-19-14(21)11-5-1-2-6-12(11)15(19)22/h3-4,7,11-12H,1-2,5-6,8-9H2,(H2,17,18,20,23). The molecule has 0 aromatic carbocycles. The Hall–Kier alpha value is -2.64. The first-order chi connectivity index (χ1) is 11.6. The molecule has 1 aromatic rings. The van der Waals surface area contributed by atoms with Gasteiger partial charge >= 0.3 is 6.03 Å². The van der Waals surface area contributed by atoms with E-state index in [0.717, 1.165) is 17.7 Å². The van der Waals surface area contributed by atoms with Crippen molar-refractivity contribution in [1.29, 1.82) is 0 Å². The maximum absolute atomic E-state index is 12.3. The highest BCUT2D eigenvalue weighted by atomic mass is 16.3. The summed E-state index contributed by atoms with van der Waals surface area (Å²) < 4.78 is 5.05. The first kappa shape index (κ1) is 16.2. The first-order valence-electron chi connectivity index (χ1n) is 8.01. The van der Waals surface area contributed by atoms with Crippen LogP contribution in [0.15, 0.2) is 22.8 Å². The molecular weight excluding hydrogens is 314 g/mol. The minimum absolute atomic E-state index is 0.137. The van der Waals surface area contributed by atoms with Gasteiger partial charge in [-0.25, -0.2) is 4.79 Å². The van der Waals surface area contributed by atoms with E-state index in [1.54, 1.807) is 12.1 Å². The number of fused-ring (bicyclic) bond motifs is 1. The summed E-state index contributed by atoms with van der Waals surface area (Å²) in [6.45, 7) is -0.281. The lowest BCUT2D eigenvalue weighted by Crippen LogP contribution is -2.46. The average molecular weight is 333 g/mol. The third kappa shape index (κ3) is 3.32. The summed E-state index contributed by atoms with van der Waals surface area (Å²) in [7, 11) is 0. The van der Waals surface area contributed by atoms with Crippen LogP contribution in [0.2, 0.25) is 0 Å². The second-order valence-corrected chi connectivity index (χ2v) is 6.07. The average Bonchev–Trinajstić information content (AvgIpc) is 3.17. The largest absolute Gasteiger partial charge is 0.467 e. The number of carbonyl (C=O) groups excluding carboxylic acids is 4. The van der Waals surface area contributed by atoms with Crippen LogP contribution in [0.1, 0.15) is 31.4 Å². The summed E-state index contributed by atoms with van der Waals surface area (Å²) in [6, 6.07) is 2.67. The van der Waals surface area contributed by atoms with Gasteiger partial charge in [0.25, 0.3) is 0 Å². The van der Waals surface area contributed by atoms with Gasteiger partial charge in [-0.1, -0.05) is 12.8 Å². The predicted molar refractivity (Wildman–Crippen MR) is 81.3 cm³/mol. The van der Waals surface area contributed by atoms with Gasteiger partial charge in [0.05, 0.1) is 24.6 Å². The van der Waals surface area contributed by atoms with Gasteiger partial charge in [-0.2, -0.15) is 0 Å². The number of likely N-dealkylation sites (tertiary alicyclic amines) is 1. The molecule has 0 radical (unpaired) electrons. The Labute approximate surface area is 138 Å². The SMILES string of the molecule is O=C(CN1C(=O)C2CCCCC2C1=O)NC(=O)NCc1ccco1. The Balaban J connectivity index is 1.50. The fourth-order valence-corrected chi connectivity index (χ4v) is 3.32. The Bertz CT molecular complexity index is 631. The molecule has 0 bridgehead atoms. The molecular formula is C16H19N3O5. The molecule has 0 spiro atoms. The molecule has 1 aliphatic carbocycles. The summed E-state index contributed by atoms with van der Waals surface area (Å²) in [6.07, 6.45) is 4.71. The van der Waals surface area contributed by atoms with Crippen molar-refractivity contribution in [3.63, 3.8) is 0 Å². The molecule has 8 nitrogen and oxygen atoms in total. The van der Waals surface area contributed by atoms with E-state index < -0.39 is 18.5 Å². The summed E-state index contributed by atoms with van der Waals surface area (Å²) in [4.78, 5) is 49.1. The van der Waals surface area contributed by atoms with E-state index in [1.165, 1.54) is 6.26 Å². The maximum atomic E-state index is 12.3. The van der Waals surface area contributed by atoms with Gasteiger partial charge in [-0.05, 0) is 25.0 Å². The van der Waals surface area contributed by atoms with Crippen LogP contribution >= 0.6 is 0 Å². The third-order valence-electron chi connectivity index (χ3n) is 4.49. The molecule has 2 atom stereocenters. The fourth-order valence-electron chi connectivity index (χ4n) is 3.32. The molecule has 2 aliphatic rings. The monoisotopic (exact) mass is 333 g/mol. The van der Waals surface area contributed by atoms with E-state index in [1.807, 2.05) is 0 Å². The van der Waals surface area contributed by atoms with Crippen LogP contribution in [0.5, 0.6) is 0 Å². The van der Waals surface area contributed by atoms with E-state index in [0.29, 0.717) is 18.6 Å². The number of furan rings is 1. The van der Waals surface area contributed by atoms with E-state index in [9.17, 15) is 19.2 Å². The van der Waals surface area contributed by atoms with Crippen molar-refractivity contribution >= 4 is 23.8 Å². The van der Waals surface area contributed by atoms with Gasteiger partial charge in [0.2, 0.25) is 17.7 Å². The van der Waals surface area contributed by atoms with Crippen LogP contribution in [-0.4, -0.2) is 35.2 Å². The molecule has 1 aromatic heterocycles. The molecule has 1 saturated carbocycles. The molecule has 1 saturated heterocycles. The molecule has 128 valence electrons. The van der Waals surface area contributed by atoms with Gasteiger partial charge < -0.3 is 9.73 Å². The number of nitrogens with one attached hydrogen (secondary N) is 2. The highest BCUT2D eigenvalue weighted by Crippen LogP contribution is 2.37. The number of rotatable bonds is 4. The van der Waals surface area contributed by atoms with Crippen molar-refractivity contribution in [3.8, 4) is 0 Å². The molecule has 2 N–H and O–H groups in total. The summed E-state index contributed by atoms with van der Waals surface area (Å²) in [5.74, 6) is -1.33. The highest BCUT2D eigenvalue weighted by Gasteiger charge is 2.48. The Kier molecular flexibility index (Phi) is 4.64. The van der Waals surface area contributed by atoms with Gasteiger partial charge in [0.1, 0.15) is 12.3 Å². The second kappa shape index (κ2) is 6.86. The highest BCUT2D eigenvalue weighted by molar-refractivity contribution is 6.08. The molecule has 3 rings (SSSR count). The van der Waals surface area contributed by atoms with Crippen LogP contribution < -0.4 is 10.6 Å². The lowest BCUT2D eigenvalue weighted by atomic mass is 9.81. The Morgan fingerprint density at radius 2 is 1.83 bits per heavy atom.